The number of aryl methyl sites for hydroxylation is 1. The van der Waals surface area contributed by atoms with Gasteiger partial charge in [0.05, 0.1) is 30.4 Å². The predicted octanol–water partition coefficient (Wildman–Crippen LogP) is 4.71. The first-order valence-corrected chi connectivity index (χ1v) is 12.6. The molecule has 1 N–H and O–H groups in total. The summed E-state index contributed by atoms with van der Waals surface area (Å²) in [7, 11) is -2.34. The highest BCUT2D eigenvalue weighted by Gasteiger charge is 2.14. The van der Waals surface area contributed by atoms with Crippen molar-refractivity contribution < 1.29 is 27.4 Å². The Bertz CT molecular complexity index is 1270. The summed E-state index contributed by atoms with van der Waals surface area (Å²) in [4.78, 5) is 14.8. The minimum absolute atomic E-state index is 0.112. The minimum Gasteiger partial charge on any atom is -0.494 e. The summed E-state index contributed by atoms with van der Waals surface area (Å²) in [6.45, 7) is 4.58. The molecule has 3 aromatic rings. The molecule has 0 heterocycles. The molecule has 9 heteroatoms. The average Bonchev–Trinajstić information content (AvgIpc) is 2.85. The Kier molecular flexibility index (Phi) is 8.86. The lowest BCUT2D eigenvalue weighted by Crippen LogP contribution is -2.18. The maximum atomic E-state index is 12.6. The third-order valence-electron chi connectivity index (χ3n) is 4.96. The maximum Gasteiger partial charge on any atom is 0.343 e. The number of sulfonamides is 1. The van der Waals surface area contributed by atoms with Crippen molar-refractivity contribution in [2.45, 2.75) is 31.6 Å². The zero-order valence-corrected chi connectivity index (χ0v) is 20.7. The van der Waals surface area contributed by atoms with Crippen LogP contribution >= 0.6 is 0 Å². The van der Waals surface area contributed by atoms with Crippen LogP contribution in [0.15, 0.2) is 76.7 Å². The van der Waals surface area contributed by atoms with E-state index in [1.165, 1.54) is 25.5 Å². The molecule has 3 aromatic carbocycles. The first-order valence-electron chi connectivity index (χ1n) is 11.1. The van der Waals surface area contributed by atoms with Gasteiger partial charge in [0.25, 0.3) is 10.0 Å². The zero-order valence-electron chi connectivity index (χ0n) is 19.9. The van der Waals surface area contributed by atoms with Crippen molar-refractivity contribution in [2.24, 2.45) is 5.10 Å². The summed E-state index contributed by atoms with van der Waals surface area (Å²) in [6, 6.07) is 17.9. The lowest BCUT2D eigenvalue weighted by molar-refractivity contribution is 0.0729. The monoisotopic (exact) mass is 496 g/mol. The van der Waals surface area contributed by atoms with E-state index >= 15 is 0 Å². The molecule has 0 aliphatic carbocycles. The molecular formula is C26H28N2O6S. The van der Waals surface area contributed by atoms with Crippen LogP contribution in [-0.4, -0.2) is 34.3 Å². The summed E-state index contributed by atoms with van der Waals surface area (Å²) in [6.07, 6.45) is 3.33. The van der Waals surface area contributed by atoms with E-state index in [1.807, 2.05) is 6.92 Å². The second-order valence-corrected chi connectivity index (χ2v) is 9.35. The fourth-order valence-corrected chi connectivity index (χ4v) is 3.76. The maximum absolute atomic E-state index is 12.6. The van der Waals surface area contributed by atoms with Crippen molar-refractivity contribution in [3.63, 3.8) is 0 Å². The number of hydrogen-bond donors (Lipinski definition) is 1. The topological polar surface area (TPSA) is 103 Å². The van der Waals surface area contributed by atoms with Crippen LogP contribution in [0.3, 0.4) is 0 Å². The second-order valence-electron chi connectivity index (χ2n) is 7.69. The number of hydrogen-bond acceptors (Lipinski definition) is 7. The van der Waals surface area contributed by atoms with Gasteiger partial charge in [-0.3, -0.25) is 0 Å². The first-order chi connectivity index (χ1) is 16.8. The molecule has 0 unspecified atom stereocenters. The van der Waals surface area contributed by atoms with Gasteiger partial charge in [0.15, 0.2) is 11.5 Å². The van der Waals surface area contributed by atoms with Gasteiger partial charge in [0, 0.05) is 0 Å². The van der Waals surface area contributed by atoms with Gasteiger partial charge < -0.3 is 14.2 Å². The molecule has 8 nitrogen and oxygen atoms in total. The van der Waals surface area contributed by atoms with Gasteiger partial charge in [-0.15, -0.1) is 0 Å². The molecule has 0 bridgehead atoms. The molecule has 0 spiro atoms. The zero-order chi connectivity index (χ0) is 25.3. The molecule has 0 fully saturated rings. The van der Waals surface area contributed by atoms with Gasteiger partial charge >= 0.3 is 5.97 Å². The smallest absolute Gasteiger partial charge is 0.343 e. The van der Waals surface area contributed by atoms with E-state index in [2.05, 4.69) is 16.9 Å². The number of nitrogens with one attached hydrogen (secondary N) is 1. The van der Waals surface area contributed by atoms with E-state index in [0.717, 1.165) is 18.4 Å². The van der Waals surface area contributed by atoms with E-state index in [9.17, 15) is 13.2 Å². The Morgan fingerprint density at radius 2 is 1.71 bits per heavy atom. The third kappa shape index (κ3) is 7.31. The van der Waals surface area contributed by atoms with Crippen LogP contribution in [0.4, 0.5) is 0 Å². The highest BCUT2D eigenvalue weighted by atomic mass is 32.2. The van der Waals surface area contributed by atoms with Gasteiger partial charge in [-0.1, -0.05) is 31.0 Å². The summed E-state index contributed by atoms with van der Waals surface area (Å²) >= 11 is 0. The van der Waals surface area contributed by atoms with Crippen LogP contribution < -0.4 is 19.0 Å². The lowest BCUT2D eigenvalue weighted by Gasteiger charge is -2.10. The fraction of sp³-hybridized carbons (Fsp3) is 0.231. The Labute approximate surface area is 205 Å². The molecule has 0 saturated carbocycles. The van der Waals surface area contributed by atoms with Gasteiger partial charge in [0.1, 0.15) is 5.75 Å². The fourth-order valence-electron chi connectivity index (χ4n) is 2.97. The molecule has 0 atom stereocenters. The Hall–Kier alpha value is -3.85. The Balaban J connectivity index is 1.64. The molecular weight excluding hydrogens is 468 g/mol. The van der Waals surface area contributed by atoms with Gasteiger partial charge in [0.2, 0.25) is 0 Å². The molecule has 3 rings (SSSR count). The van der Waals surface area contributed by atoms with Gasteiger partial charge in [-0.2, -0.15) is 13.5 Å². The Morgan fingerprint density at radius 1 is 1.00 bits per heavy atom. The van der Waals surface area contributed by atoms with Gasteiger partial charge in [-0.25, -0.2) is 9.63 Å². The molecule has 35 heavy (non-hydrogen) atoms. The van der Waals surface area contributed by atoms with Crippen molar-refractivity contribution in [3.8, 4) is 17.2 Å². The minimum atomic E-state index is -3.78. The van der Waals surface area contributed by atoms with Gasteiger partial charge in [-0.05, 0) is 73.5 Å². The average molecular weight is 497 g/mol. The van der Waals surface area contributed by atoms with Crippen molar-refractivity contribution >= 4 is 22.2 Å². The number of rotatable bonds is 11. The number of nitrogens with zero attached hydrogens (tertiary/aromatic N) is 1. The highest BCUT2D eigenvalue weighted by Crippen LogP contribution is 2.28. The number of hydrazone groups is 1. The number of methoxy groups -OCH3 is 1. The predicted molar refractivity (Wildman–Crippen MR) is 134 cm³/mol. The van der Waals surface area contributed by atoms with E-state index < -0.39 is 16.0 Å². The number of carbonyl (C=O) groups excluding carboxylic acids is 1. The van der Waals surface area contributed by atoms with Crippen molar-refractivity contribution in [1.29, 1.82) is 0 Å². The molecule has 0 aromatic heterocycles. The lowest BCUT2D eigenvalue weighted by atomic mass is 10.2. The van der Waals surface area contributed by atoms with Crippen LogP contribution in [0, 0.1) is 6.92 Å². The molecule has 0 amide bonds. The third-order valence-corrected chi connectivity index (χ3v) is 6.20. The molecule has 0 radical (unpaired) electrons. The number of unbranched alkanes of at least 4 members (excludes halogenated alkanes) is 1. The van der Waals surface area contributed by atoms with Crippen LogP contribution in [0.5, 0.6) is 17.2 Å². The van der Waals surface area contributed by atoms with Crippen LogP contribution in [0.2, 0.25) is 0 Å². The highest BCUT2D eigenvalue weighted by molar-refractivity contribution is 7.89. The van der Waals surface area contributed by atoms with Crippen molar-refractivity contribution in [3.05, 3.63) is 83.4 Å². The van der Waals surface area contributed by atoms with Crippen LogP contribution in [0.25, 0.3) is 0 Å². The second kappa shape index (κ2) is 12.0. The van der Waals surface area contributed by atoms with E-state index in [0.29, 0.717) is 29.2 Å². The quantitative estimate of drug-likeness (QED) is 0.136. The Morgan fingerprint density at radius 3 is 2.37 bits per heavy atom. The molecule has 0 saturated heterocycles. The number of esters is 1. The summed E-state index contributed by atoms with van der Waals surface area (Å²) in [5.74, 6) is 0.659. The first kappa shape index (κ1) is 25.8. The van der Waals surface area contributed by atoms with E-state index in [4.69, 9.17) is 14.2 Å². The number of carbonyl (C=O) groups is 1. The summed E-state index contributed by atoms with van der Waals surface area (Å²) in [5, 5.41) is 3.82. The molecule has 0 aliphatic rings. The van der Waals surface area contributed by atoms with E-state index in [-0.39, 0.29) is 10.6 Å². The largest absolute Gasteiger partial charge is 0.494 e. The molecule has 0 aliphatic heterocycles. The summed E-state index contributed by atoms with van der Waals surface area (Å²) < 4.78 is 41.1. The van der Waals surface area contributed by atoms with Crippen molar-refractivity contribution in [2.75, 3.05) is 13.7 Å². The van der Waals surface area contributed by atoms with E-state index in [1.54, 1.807) is 54.6 Å². The normalized spacial score (nSPS) is 11.3. The molecule has 184 valence electrons. The van der Waals surface area contributed by atoms with Crippen LogP contribution in [0.1, 0.15) is 41.3 Å². The number of benzene rings is 3. The standard InChI is InChI=1S/C26H28N2O6S/c1-4-5-16-33-22-11-9-21(10-12-22)26(29)34-24-15-8-20(17-25(24)32-3)18-27-28-35(30,31)23-13-6-19(2)7-14-23/h6-15,17-18,28H,4-5,16H2,1-3H3/b27-18+. The number of ether oxygens (including phenoxy) is 3. The SMILES string of the molecule is CCCCOc1ccc(C(=O)Oc2ccc(/C=N/NS(=O)(=O)c3ccc(C)cc3)cc2OC)cc1. The van der Waals surface area contributed by atoms with Crippen LogP contribution in [-0.2, 0) is 10.0 Å². The summed E-state index contributed by atoms with van der Waals surface area (Å²) in [5.41, 5.74) is 1.86. The van der Waals surface area contributed by atoms with Crippen molar-refractivity contribution in [1.82, 2.24) is 4.83 Å².